The van der Waals surface area contributed by atoms with Crippen molar-refractivity contribution in [2.45, 2.75) is 31.7 Å². The van der Waals surface area contributed by atoms with Crippen LogP contribution in [0.3, 0.4) is 0 Å². The molecular weight excluding hydrogens is 292 g/mol. The van der Waals surface area contributed by atoms with Gasteiger partial charge in [0, 0.05) is 24.0 Å². The highest BCUT2D eigenvalue weighted by Crippen LogP contribution is 2.36. The molecule has 1 saturated carbocycles. The van der Waals surface area contributed by atoms with Crippen molar-refractivity contribution in [3.8, 4) is 22.9 Å². The fourth-order valence-corrected chi connectivity index (χ4v) is 3.92. The molecule has 3 aromatic rings. The number of hydrogen-bond acceptors (Lipinski definition) is 4. The minimum atomic E-state index is 0.515. The summed E-state index contributed by atoms with van der Waals surface area (Å²) in [5.74, 6) is 3.79. The van der Waals surface area contributed by atoms with Crippen LogP contribution in [0.5, 0.6) is 0 Å². The molecule has 110 valence electrons. The maximum Gasteiger partial charge on any atom is 0.157 e. The number of thiophene rings is 1. The van der Waals surface area contributed by atoms with Gasteiger partial charge in [-0.3, -0.25) is 9.38 Å². The Kier molecular flexibility index (Phi) is 3.32. The summed E-state index contributed by atoms with van der Waals surface area (Å²) in [5.41, 5.74) is 2.67. The Balaban J connectivity index is 1.87. The molecule has 1 N–H and O–H groups in total. The van der Waals surface area contributed by atoms with Gasteiger partial charge in [-0.15, -0.1) is 17.8 Å². The Morgan fingerprint density at radius 1 is 1.36 bits per heavy atom. The maximum absolute atomic E-state index is 5.63. The van der Waals surface area contributed by atoms with Crippen molar-refractivity contribution in [2.24, 2.45) is 0 Å². The second kappa shape index (κ2) is 5.47. The molecule has 0 unspecified atom stereocenters. The number of fused-ring (bicyclic) bond motifs is 1. The van der Waals surface area contributed by atoms with Crippen LogP contribution in [-0.2, 0) is 0 Å². The number of terminal acetylenes is 1. The molecule has 5 heteroatoms. The molecular formula is C17H16N4S. The summed E-state index contributed by atoms with van der Waals surface area (Å²) >= 11 is 1.64. The first kappa shape index (κ1) is 13.4. The molecule has 4 nitrogen and oxygen atoms in total. The molecule has 0 bridgehead atoms. The van der Waals surface area contributed by atoms with Crippen LogP contribution in [0, 0.1) is 12.3 Å². The summed E-state index contributed by atoms with van der Waals surface area (Å²) in [4.78, 5) is 9.98. The molecule has 22 heavy (non-hydrogen) atoms. The van der Waals surface area contributed by atoms with Crippen molar-refractivity contribution in [1.82, 2.24) is 14.4 Å². The zero-order valence-electron chi connectivity index (χ0n) is 12.1. The molecule has 4 rings (SSSR count). The SMILES string of the molecule is C#Cc1ccsc1-c1nc2cnccn2c1NC1CCCC1. The van der Waals surface area contributed by atoms with Crippen LogP contribution in [0.2, 0.25) is 0 Å². The molecule has 0 aromatic carbocycles. The predicted molar refractivity (Wildman–Crippen MR) is 90.1 cm³/mol. The zero-order valence-corrected chi connectivity index (χ0v) is 12.9. The third-order valence-corrected chi connectivity index (χ3v) is 5.08. The Labute approximate surface area is 133 Å². The molecule has 0 amide bonds. The van der Waals surface area contributed by atoms with E-state index in [-0.39, 0.29) is 0 Å². The van der Waals surface area contributed by atoms with E-state index in [0.29, 0.717) is 6.04 Å². The third kappa shape index (κ3) is 2.16. The van der Waals surface area contributed by atoms with E-state index in [9.17, 15) is 0 Å². The van der Waals surface area contributed by atoms with Gasteiger partial charge in [-0.1, -0.05) is 18.8 Å². The molecule has 0 aliphatic heterocycles. The van der Waals surface area contributed by atoms with E-state index < -0.39 is 0 Å². The number of rotatable bonds is 3. The minimum absolute atomic E-state index is 0.515. The highest BCUT2D eigenvalue weighted by molar-refractivity contribution is 7.13. The van der Waals surface area contributed by atoms with Crippen LogP contribution in [0.4, 0.5) is 5.82 Å². The standard InChI is InChI=1S/C17H16N4S/c1-2-12-7-10-22-16(12)15-17(19-13-5-3-4-6-13)21-9-8-18-11-14(21)20-15/h1,7-11,13,19H,3-6H2. The van der Waals surface area contributed by atoms with Crippen molar-refractivity contribution in [3.05, 3.63) is 35.6 Å². The second-order valence-electron chi connectivity index (χ2n) is 5.55. The van der Waals surface area contributed by atoms with Crippen LogP contribution in [-0.4, -0.2) is 20.4 Å². The predicted octanol–water partition coefficient (Wildman–Crippen LogP) is 3.79. The van der Waals surface area contributed by atoms with Gasteiger partial charge >= 0.3 is 0 Å². The minimum Gasteiger partial charge on any atom is -0.367 e. The van der Waals surface area contributed by atoms with Crippen molar-refractivity contribution in [1.29, 1.82) is 0 Å². The molecule has 0 saturated heterocycles. The lowest BCUT2D eigenvalue weighted by Gasteiger charge is -2.14. The molecule has 0 spiro atoms. The van der Waals surface area contributed by atoms with Gasteiger partial charge in [0.1, 0.15) is 11.5 Å². The van der Waals surface area contributed by atoms with E-state index in [1.807, 2.05) is 17.6 Å². The fourth-order valence-electron chi connectivity index (χ4n) is 3.07. The summed E-state index contributed by atoms with van der Waals surface area (Å²) < 4.78 is 2.07. The second-order valence-corrected chi connectivity index (χ2v) is 6.46. The summed E-state index contributed by atoms with van der Waals surface area (Å²) in [6.45, 7) is 0. The van der Waals surface area contributed by atoms with Crippen molar-refractivity contribution in [3.63, 3.8) is 0 Å². The Morgan fingerprint density at radius 2 is 2.23 bits per heavy atom. The lowest BCUT2D eigenvalue weighted by molar-refractivity contribution is 0.749. The number of nitrogens with zero attached hydrogens (tertiary/aromatic N) is 3. The van der Waals surface area contributed by atoms with E-state index in [1.54, 1.807) is 23.7 Å². The first-order valence-electron chi connectivity index (χ1n) is 7.50. The number of aromatic nitrogens is 3. The van der Waals surface area contributed by atoms with Gasteiger partial charge in [-0.25, -0.2) is 4.98 Å². The van der Waals surface area contributed by atoms with Gasteiger partial charge < -0.3 is 5.32 Å². The highest BCUT2D eigenvalue weighted by Gasteiger charge is 2.22. The summed E-state index contributed by atoms with van der Waals surface area (Å²) in [5, 5.41) is 5.70. The molecule has 3 heterocycles. The lowest BCUT2D eigenvalue weighted by atomic mass is 10.2. The van der Waals surface area contributed by atoms with Crippen LogP contribution >= 0.6 is 11.3 Å². The molecule has 0 radical (unpaired) electrons. The van der Waals surface area contributed by atoms with Gasteiger partial charge in [0.15, 0.2) is 5.65 Å². The van der Waals surface area contributed by atoms with Gasteiger partial charge in [-0.2, -0.15) is 0 Å². The monoisotopic (exact) mass is 308 g/mol. The third-order valence-electron chi connectivity index (χ3n) is 4.16. The lowest BCUT2D eigenvalue weighted by Crippen LogP contribution is -2.16. The summed E-state index contributed by atoms with van der Waals surface area (Å²) in [6, 6.07) is 2.49. The molecule has 1 fully saturated rings. The average Bonchev–Trinajstić information content (AvgIpc) is 3.27. The Bertz CT molecular complexity index is 849. The quantitative estimate of drug-likeness (QED) is 0.748. The molecule has 1 aliphatic carbocycles. The van der Waals surface area contributed by atoms with E-state index >= 15 is 0 Å². The number of anilines is 1. The van der Waals surface area contributed by atoms with Crippen LogP contribution in [0.25, 0.3) is 16.2 Å². The van der Waals surface area contributed by atoms with Crippen LogP contribution in [0.15, 0.2) is 30.0 Å². The Hall–Kier alpha value is -2.32. The Morgan fingerprint density at radius 3 is 3.05 bits per heavy atom. The first-order chi connectivity index (χ1) is 10.9. The van der Waals surface area contributed by atoms with E-state index in [4.69, 9.17) is 11.4 Å². The average molecular weight is 308 g/mol. The topological polar surface area (TPSA) is 42.2 Å². The summed E-state index contributed by atoms with van der Waals surface area (Å²) in [6.07, 6.45) is 16.2. The highest BCUT2D eigenvalue weighted by atomic mass is 32.1. The normalized spacial score (nSPS) is 15.2. The number of nitrogens with one attached hydrogen (secondary N) is 1. The largest absolute Gasteiger partial charge is 0.367 e. The number of hydrogen-bond donors (Lipinski definition) is 1. The van der Waals surface area contributed by atoms with E-state index in [2.05, 4.69) is 20.6 Å². The molecule has 3 aromatic heterocycles. The molecule has 1 aliphatic rings. The number of imidazole rings is 1. The fraction of sp³-hybridized carbons (Fsp3) is 0.294. The van der Waals surface area contributed by atoms with Crippen molar-refractivity contribution >= 4 is 22.8 Å². The van der Waals surface area contributed by atoms with Crippen molar-refractivity contribution in [2.75, 3.05) is 5.32 Å². The first-order valence-corrected chi connectivity index (χ1v) is 8.38. The van der Waals surface area contributed by atoms with Gasteiger partial charge in [0.2, 0.25) is 0 Å². The van der Waals surface area contributed by atoms with E-state index in [1.165, 1.54) is 25.7 Å². The van der Waals surface area contributed by atoms with Crippen LogP contribution < -0.4 is 5.32 Å². The molecule has 0 atom stereocenters. The van der Waals surface area contributed by atoms with Gasteiger partial charge in [-0.05, 0) is 24.3 Å². The van der Waals surface area contributed by atoms with Gasteiger partial charge in [0.05, 0.1) is 11.1 Å². The van der Waals surface area contributed by atoms with Crippen molar-refractivity contribution < 1.29 is 0 Å². The summed E-state index contributed by atoms with van der Waals surface area (Å²) in [7, 11) is 0. The smallest absolute Gasteiger partial charge is 0.157 e. The van der Waals surface area contributed by atoms with Gasteiger partial charge in [0.25, 0.3) is 0 Å². The zero-order chi connectivity index (χ0) is 14.9. The van der Waals surface area contributed by atoms with Crippen LogP contribution in [0.1, 0.15) is 31.2 Å². The maximum atomic E-state index is 5.63. The van der Waals surface area contributed by atoms with E-state index in [0.717, 1.165) is 27.6 Å².